The Morgan fingerprint density at radius 3 is 2.82 bits per heavy atom. The number of nitrogens with zero attached hydrogens (tertiary/aromatic N) is 3. The molecule has 2 aromatic rings. The van der Waals surface area contributed by atoms with Crippen molar-refractivity contribution in [2.75, 3.05) is 6.61 Å². The molecule has 0 radical (unpaired) electrons. The second-order valence-electron chi connectivity index (χ2n) is 5.32. The topological polar surface area (TPSA) is 90.1 Å². The molecule has 3 rings (SSSR count). The van der Waals surface area contributed by atoms with Gasteiger partial charge in [0, 0.05) is 37.2 Å². The molecule has 1 saturated heterocycles. The first-order valence-electron chi connectivity index (χ1n) is 7.36. The molecule has 0 aromatic carbocycles. The maximum atomic E-state index is 11.8. The molecule has 1 aliphatic heterocycles. The highest BCUT2D eigenvalue weighted by molar-refractivity contribution is 5.91. The van der Waals surface area contributed by atoms with Crippen LogP contribution in [0.25, 0.3) is 0 Å². The van der Waals surface area contributed by atoms with Crippen LogP contribution >= 0.6 is 0 Å². The van der Waals surface area contributed by atoms with E-state index in [0.717, 1.165) is 31.4 Å². The van der Waals surface area contributed by atoms with Crippen LogP contribution in [0.15, 0.2) is 23.0 Å². The van der Waals surface area contributed by atoms with E-state index in [1.807, 2.05) is 0 Å². The third-order valence-electron chi connectivity index (χ3n) is 3.50. The molecule has 1 N–H and O–H groups in total. The zero-order chi connectivity index (χ0) is 15.4. The van der Waals surface area contributed by atoms with E-state index in [0.29, 0.717) is 18.1 Å². The second-order valence-corrected chi connectivity index (χ2v) is 5.32. The minimum Gasteiger partial charge on any atom is -0.370 e. The lowest BCUT2D eigenvalue weighted by Gasteiger charge is -2.21. The first-order valence-corrected chi connectivity index (χ1v) is 7.36. The van der Waals surface area contributed by atoms with E-state index < -0.39 is 0 Å². The highest BCUT2D eigenvalue weighted by Crippen LogP contribution is 2.24. The molecule has 1 atom stereocenters. The van der Waals surface area contributed by atoms with Gasteiger partial charge < -0.3 is 14.6 Å². The largest absolute Gasteiger partial charge is 0.370 e. The Bertz CT molecular complexity index is 632. The Balaban J connectivity index is 1.55. The van der Waals surface area contributed by atoms with Gasteiger partial charge in [-0.05, 0) is 26.2 Å². The van der Waals surface area contributed by atoms with Crippen LogP contribution < -0.4 is 5.32 Å². The van der Waals surface area contributed by atoms with Gasteiger partial charge in [-0.15, -0.1) is 0 Å². The minimum atomic E-state index is -0.305. The van der Waals surface area contributed by atoms with E-state index in [1.165, 1.54) is 0 Å². The average molecular weight is 302 g/mol. The third kappa shape index (κ3) is 3.48. The third-order valence-corrected chi connectivity index (χ3v) is 3.50. The molecule has 0 aliphatic carbocycles. The van der Waals surface area contributed by atoms with Gasteiger partial charge >= 0.3 is 0 Å². The molecule has 1 fully saturated rings. The van der Waals surface area contributed by atoms with E-state index in [2.05, 4.69) is 20.4 Å². The summed E-state index contributed by atoms with van der Waals surface area (Å²) in [4.78, 5) is 20.5. The summed E-state index contributed by atoms with van der Waals surface area (Å²) in [5.74, 6) is 0.603. The fraction of sp³-hybridized carbons (Fsp3) is 0.467. The van der Waals surface area contributed by atoms with Crippen LogP contribution in [-0.4, -0.2) is 27.6 Å². The van der Waals surface area contributed by atoms with Crippen LogP contribution in [0.4, 0.5) is 0 Å². The van der Waals surface area contributed by atoms with Crippen molar-refractivity contribution < 1.29 is 14.1 Å². The van der Waals surface area contributed by atoms with Gasteiger partial charge in [-0.3, -0.25) is 4.79 Å². The summed E-state index contributed by atoms with van der Waals surface area (Å²) in [7, 11) is 0. The van der Waals surface area contributed by atoms with Crippen molar-refractivity contribution in [2.45, 2.75) is 38.8 Å². The molecule has 3 heterocycles. The van der Waals surface area contributed by atoms with E-state index in [-0.39, 0.29) is 17.8 Å². The quantitative estimate of drug-likeness (QED) is 0.928. The zero-order valence-corrected chi connectivity index (χ0v) is 12.4. The average Bonchev–Trinajstić information content (AvgIpc) is 3.00. The summed E-state index contributed by atoms with van der Waals surface area (Å²) < 4.78 is 10.6. The number of nitrogens with one attached hydrogen (secondary N) is 1. The number of amides is 1. The molecule has 7 nitrogen and oxygen atoms in total. The van der Waals surface area contributed by atoms with Gasteiger partial charge in [0.05, 0.1) is 5.69 Å². The molecule has 116 valence electrons. The van der Waals surface area contributed by atoms with Gasteiger partial charge in [0.2, 0.25) is 5.76 Å². The molecule has 0 spiro atoms. The lowest BCUT2D eigenvalue weighted by atomic mass is 10.1. The smallest absolute Gasteiger partial charge is 0.290 e. The van der Waals surface area contributed by atoms with Crippen molar-refractivity contribution in [1.29, 1.82) is 0 Å². The van der Waals surface area contributed by atoms with Crippen LogP contribution in [0, 0.1) is 6.92 Å². The van der Waals surface area contributed by atoms with Gasteiger partial charge in [0.25, 0.3) is 5.91 Å². The van der Waals surface area contributed by atoms with Gasteiger partial charge in [-0.25, -0.2) is 9.97 Å². The highest BCUT2D eigenvalue weighted by atomic mass is 16.5. The van der Waals surface area contributed by atoms with E-state index in [9.17, 15) is 4.79 Å². The van der Waals surface area contributed by atoms with Gasteiger partial charge in [-0.1, -0.05) is 5.16 Å². The predicted octanol–water partition coefficient (Wildman–Crippen LogP) is 1.94. The summed E-state index contributed by atoms with van der Waals surface area (Å²) in [5, 5.41) is 6.43. The van der Waals surface area contributed by atoms with Gasteiger partial charge in [-0.2, -0.15) is 0 Å². The van der Waals surface area contributed by atoms with Crippen molar-refractivity contribution in [2.24, 2.45) is 0 Å². The number of ether oxygens (including phenoxy) is 1. The number of aromatic nitrogens is 3. The van der Waals surface area contributed by atoms with Crippen LogP contribution in [0.1, 0.15) is 53.0 Å². The van der Waals surface area contributed by atoms with Crippen molar-refractivity contribution in [3.8, 4) is 0 Å². The summed E-state index contributed by atoms with van der Waals surface area (Å²) in [6, 6.07) is 1.59. The van der Waals surface area contributed by atoms with Crippen LogP contribution in [0.3, 0.4) is 0 Å². The molecule has 22 heavy (non-hydrogen) atoms. The van der Waals surface area contributed by atoms with E-state index in [4.69, 9.17) is 9.26 Å². The molecule has 1 aliphatic rings. The number of carbonyl (C=O) groups excluding carboxylic acids is 1. The molecule has 1 amide bonds. The second kappa shape index (κ2) is 6.65. The maximum Gasteiger partial charge on any atom is 0.290 e. The SMILES string of the molecule is Cc1cc(C(=O)NCc2cnc([C@H]3CCCCO3)nc2)on1. The van der Waals surface area contributed by atoms with Crippen molar-refractivity contribution in [1.82, 2.24) is 20.4 Å². The first-order chi connectivity index (χ1) is 10.7. The van der Waals surface area contributed by atoms with Gasteiger partial charge in [0.15, 0.2) is 5.82 Å². The van der Waals surface area contributed by atoms with Crippen molar-refractivity contribution >= 4 is 5.91 Å². The predicted molar refractivity (Wildman–Crippen MR) is 77.0 cm³/mol. The monoisotopic (exact) mass is 302 g/mol. The van der Waals surface area contributed by atoms with Gasteiger partial charge in [0.1, 0.15) is 6.10 Å². The lowest BCUT2D eigenvalue weighted by molar-refractivity contribution is 0.00940. The number of aryl methyl sites for hydroxylation is 1. The first kappa shape index (κ1) is 14.6. The molecule has 0 saturated carbocycles. The summed E-state index contributed by atoms with van der Waals surface area (Å²) in [6.45, 7) is 2.87. The van der Waals surface area contributed by atoms with Crippen LogP contribution in [0.5, 0.6) is 0 Å². The zero-order valence-electron chi connectivity index (χ0n) is 12.4. The summed E-state index contributed by atoms with van der Waals surface area (Å²) in [5.41, 5.74) is 1.49. The Morgan fingerprint density at radius 2 is 2.18 bits per heavy atom. The standard InChI is InChI=1S/C15H18N4O3/c1-10-6-13(22-19-10)15(20)18-9-11-7-16-14(17-8-11)12-4-2-3-5-21-12/h6-8,12H,2-5,9H2,1H3,(H,18,20)/t12-/m1/s1. The molecule has 0 bridgehead atoms. The lowest BCUT2D eigenvalue weighted by Crippen LogP contribution is -2.22. The molecule has 0 unspecified atom stereocenters. The fourth-order valence-corrected chi connectivity index (χ4v) is 2.31. The number of hydrogen-bond acceptors (Lipinski definition) is 6. The van der Waals surface area contributed by atoms with E-state index in [1.54, 1.807) is 25.4 Å². The normalized spacial score (nSPS) is 18.1. The number of rotatable bonds is 4. The van der Waals surface area contributed by atoms with Crippen molar-refractivity contribution in [3.05, 3.63) is 41.3 Å². The van der Waals surface area contributed by atoms with E-state index >= 15 is 0 Å². The Labute approximate surface area is 128 Å². The summed E-state index contributed by atoms with van der Waals surface area (Å²) in [6.07, 6.45) is 6.62. The number of carbonyl (C=O) groups is 1. The Morgan fingerprint density at radius 1 is 1.36 bits per heavy atom. The summed E-state index contributed by atoms with van der Waals surface area (Å²) >= 11 is 0. The fourth-order valence-electron chi connectivity index (χ4n) is 2.31. The minimum absolute atomic E-state index is 0.00504. The Hall–Kier alpha value is -2.28. The molecule has 7 heteroatoms. The van der Waals surface area contributed by atoms with Crippen LogP contribution in [0.2, 0.25) is 0 Å². The highest BCUT2D eigenvalue weighted by Gasteiger charge is 2.18. The molecule has 2 aromatic heterocycles. The Kier molecular flexibility index (Phi) is 4.43. The maximum absolute atomic E-state index is 11.8. The number of hydrogen-bond donors (Lipinski definition) is 1. The molecular formula is C15H18N4O3. The van der Waals surface area contributed by atoms with Crippen molar-refractivity contribution in [3.63, 3.8) is 0 Å². The molecular weight excluding hydrogens is 284 g/mol. The van der Waals surface area contributed by atoms with Crippen LogP contribution in [-0.2, 0) is 11.3 Å².